The van der Waals surface area contributed by atoms with Crippen molar-refractivity contribution in [3.63, 3.8) is 0 Å². The van der Waals surface area contributed by atoms with Crippen LogP contribution in [0.4, 0.5) is 0 Å². The maximum atomic E-state index is 4.65. The highest BCUT2D eigenvalue weighted by Crippen LogP contribution is 2.26. The van der Waals surface area contributed by atoms with E-state index in [-0.39, 0.29) is 0 Å². The van der Waals surface area contributed by atoms with Crippen molar-refractivity contribution in [1.29, 1.82) is 0 Å². The number of benzene rings is 1. The summed E-state index contributed by atoms with van der Waals surface area (Å²) in [6.45, 7) is 8.66. The van der Waals surface area contributed by atoms with Gasteiger partial charge in [0.15, 0.2) is 0 Å². The summed E-state index contributed by atoms with van der Waals surface area (Å²) in [6.07, 6.45) is 3.37. The zero-order chi connectivity index (χ0) is 11.7. The minimum Gasteiger partial charge on any atom is -0.258 e. The van der Waals surface area contributed by atoms with Crippen LogP contribution in [0.1, 0.15) is 37.0 Å². The fourth-order valence-corrected chi connectivity index (χ4v) is 2.14. The Morgan fingerprint density at radius 2 is 1.88 bits per heavy atom. The van der Waals surface area contributed by atoms with E-state index in [4.69, 9.17) is 0 Å². The fourth-order valence-electron chi connectivity index (χ4n) is 2.14. The molecule has 1 heteroatoms. The molecule has 0 spiro atoms. The molecule has 0 saturated heterocycles. The number of allylic oxidation sites excluding steroid dienone is 1. The smallest absolute Gasteiger partial charge is 0.0664 e. The van der Waals surface area contributed by atoms with E-state index in [1.165, 1.54) is 22.4 Å². The number of hydrogen-bond donors (Lipinski definition) is 0. The minimum absolute atomic E-state index is 0.606. The van der Waals surface area contributed by atoms with Gasteiger partial charge >= 0.3 is 0 Å². The predicted octanol–water partition coefficient (Wildman–Crippen LogP) is 4.15. The first-order chi connectivity index (χ1) is 7.56. The SMILES string of the molecule is CC1=NC(c2ccc(C)c(C)c2)=CC(C)C1. The Labute approximate surface area is 97.9 Å². The zero-order valence-electron chi connectivity index (χ0n) is 10.5. The summed E-state index contributed by atoms with van der Waals surface area (Å²) in [7, 11) is 0. The van der Waals surface area contributed by atoms with Crippen molar-refractivity contribution in [1.82, 2.24) is 0 Å². The second-order valence-corrected chi connectivity index (χ2v) is 4.88. The summed E-state index contributed by atoms with van der Waals surface area (Å²) in [5, 5.41) is 0. The van der Waals surface area contributed by atoms with Crippen LogP contribution in [0.25, 0.3) is 5.70 Å². The van der Waals surface area contributed by atoms with Gasteiger partial charge in [0.1, 0.15) is 0 Å². The topological polar surface area (TPSA) is 12.4 Å². The Kier molecular flexibility index (Phi) is 2.95. The number of aryl methyl sites for hydroxylation is 2. The Hall–Kier alpha value is -1.37. The molecule has 0 amide bonds. The van der Waals surface area contributed by atoms with Gasteiger partial charge < -0.3 is 0 Å². The number of hydrogen-bond acceptors (Lipinski definition) is 1. The van der Waals surface area contributed by atoms with Crippen LogP contribution in [0.5, 0.6) is 0 Å². The van der Waals surface area contributed by atoms with Crippen LogP contribution in [0, 0.1) is 19.8 Å². The molecule has 16 heavy (non-hydrogen) atoms. The lowest BCUT2D eigenvalue weighted by Crippen LogP contribution is -2.06. The van der Waals surface area contributed by atoms with E-state index in [1.54, 1.807) is 0 Å². The third-order valence-electron chi connectivity index (χ3n) is 3.17. The van der Waals surface area contributed by atoms with Crippen LogP contribution in [0.2, 0.25) is 0 Å². The third kappa shape index (κ3) is 2.24. The summed E-state index contributed by atoms with van der Waals surface area (Å²) in [5.41, 5.74) is 6.30. The molecule has 0 saturated carbocycles. The number of aliphatic imine (C=N–C) groups is 1. The van der Waals surface area contributed by atoms with Crippen LogP contribution in [-0.2, 0) is 0 Å². The van der Waals surface area contributed by atoms with Crippen molar-refractivity contribution in [3.8, 4) is 0 Å². The maximum Gasteiger partial charge on any atom is 0.0664 e. The van der Waals surface area contributed by atoms with Crippen molar-refractivity contribution in [2.45, 2.75) is 34.1 Å². The van der Waals surface area contributed by atoms with E-state index >= 15 is 0 Å². The van der Waals surface area contributed by atoms with Crippen molar-refractivity contribution in [2.75, 3.05) is 0 Å². The van der Waals surface area contributed by atoms with Crippen molar-refractivity contribution in [2.24, 2.45) is 10.9 Å². The van der Waals surface area contributed by atoms with Crippen LogP contribution in [0.15, 0.2) is 29.3 Å². The quantitative estimate of drug-likeness (QED) is 0.664. The van der Waals surface area contributed by atoms with E-state index in [0.29, 0.717) is 5.92 Å². The Balaban J connectivity index is 2.41. The first-order valence-electron chi connectivity index (χ1n) is 5.90. The zero-order valence-corrected chi connectivity index (χ0v) is 10.5. The van der Waals surface area contributed by atoms with E-state index in [1.807, 2.05) is 0 Å². The molecule has 0 fully saturated rings. The van der Waals surface area contributed by atoms with E-state index in [0.717, 1.165) is 12.1 Å². The van der Waals surface area contributed by atoms with E-state index < -0.39 is 0 Å². The standard InChI is InChI=1S/C15H19N/c1-10-7-13(4)16-15(8-10)14-6-5-11(2)12(3)9-14/h5-6,8-10H,7H2,1-4H3. The molecule has 0 N–H and O–H groups in total. The molecular weight excluding hydrogens is 194 g/mol. The summed E-state index contributed by atoms with van der Waals surface area (Å²) >= 11 is 0. The highest BCUT2D eigenvalue weighted by molar-refractivity contribution is 5.90. The van der Waals surface area contributed by atoms with Crippen LogP contribution >= 0.6 is 0 Å². The Morgan fingerprint density at radius 1 is 1.12 bits per heavy atom. The lowest BCUT2D eigenvalue weighted by atomic mass is 9.96. The van der Waals surface area contributed by atoms with Gasteiger partial charge in [0.05, 0.1) is 5.70 Å². The van der Waals surface area contributed by atoms with E-state index in [9.17, 15) is 0 Å². The number of rotatable bonds is 1. The van der Waals surface area contributed by atoms with E-state index in [2.05, 4.69) is 57.0 Å². The lowest BCUT2D eigenvalue weighted by molar-refractivity contribution is 0.757. The Morgan fingerprint density at radius 3 is 2.50 bits per heavy atom. The molecule has 1 aliphatic heterocycles. The second kappa shape index (κ2) is 4.25. The van der Waals surface area contributed by atoms with Gasteiger partial charge in [-0.3, -0.25) is 4.99 Å². The average Bonchev–Trinajstić information content (AvgIpc) is 2.20. The van der Waals surface area contributed by atoms with Crippen LogP contribution in [-0.4, -0.2) is 5.71 Å². The molecule has 1 nitrogen and oxygen atoms in total. The summed E-state index contributed by atoms with van der Waals surface area (Å²) in [4.78, 5) is 4.65. The predicted molar refractivity (Wildman–Crippen MR) is 70.8 cm³/mol. The molecule has 1 unspecified atom stereocenters. The van der Waals surface area contributed by atoms with Gasteiger partial charge in [0.25, 0.3) is 0 Å². The summed E-state index contributed by atoms with van der Waals surface area (Å²) in [6, 6.07) is 6.58. The molecule has 0 aromatic heterocycles. The first-order valence-corrected chi connectivity index (χ1v) is 5.90. The second-order valence-electron chi connectivity index (χ2n) is 4.88. The molecule has 0 radical (unpaired) electrons. The fraction of sp³-hybridized carbons (Fsp3) is 0.400. The van der Waals surface area contributed by atoms with Gasteiger partial charge in [-0.25, -0.2) is 0 Å². The Bertz CT molecular complexity index is 466. The van der Waals surface area contributed by atoms with Crippen LogP contribution < -0.4 is 0 Å². The number of nitrogens with zero attached hydrogens (tertiary/aromatic N) is 1. The van der Waals surface area contributed by atoms with Crippen molar-refractivity contribution < 1.29 is 0 Å². The normalized spacial score (nSPS) is 20.4. The highest BCUT2D eigenvalue weighted by Gasteiger charge is 2.11. The molecule has 0 bridgehead atoms. The molecular formula is C15H19N. The third-order valence-corrected chi connectivity index (χ3v) is 3.17. The molecule has 0 aliphatic carbocycles. The molecule has 84 valence electrons. The van der Waals surface area contributed by atoms with Gasteiger partial charge in [-0.2, -0.15) is 0 Å². The van der Waals surface area contributed by atoms with Gasteiger partial charge in [-0.15, -0.1) is 0 Å². The van der Waals surface area contributed by atoms with Crippen molar-refractivity contribution in [3.05, 3.63) is 41.0 Å². The molecule has 2 rings (SSSR count). The first kappa shape index (κ1) is 11.1. The van der Waals surface area contributed by atoms with Crippen molar-refractivity contribution >= 4 is 11.4 Å². The monoisotopic (exact) mass is 213 g/mol. The van der Waals surface area contributed by atoms with Gasteiger partial charge in [0.2, 0.25) is 0 Å². The highest BCUT2D eigenvalue weighted by atomic mass is 14.8. The maximum absolute atomic E-state index is 4.65. The van der Waals surface area contributed by atoms with Gasteiger partial charge in [-0.05, 0) is 50.3 Å². The average molecular weight is 213 g/mol. The molecule has 1 aromatic rings. The lowest BCUT2D eigenvalue weighted by Gasteiger charge is -2.16. The largest absolute Gasteiger partial charge is 0.258 e. The minimum atomic E-state index is 0.606. The molecule has 1 aliphatic rings. The van der Waals surface area contributed by atoms with Crippen LogP contribution in [0.3, 0.4) is 0 Å². The summed E-state index contributed by atoms with van der Waals surface area (Å²) in [5.74, 6) is 0.606. The molecule has 1 atom stereocenters. The van der Waals surface area contributed by atoms with Gasteiger partial charge in [0, 0.05) is 11.3 Å². The molecule has 1 aromatic carbocycles. The summed E-state index contributed by atoms with van der Waals surface area (Å²) < 4.78 is 0. The van der Waals surface area contributed by atoms with Gasteiger partial charge in [-0.1, -0.05) is 25.1 Å². The molecule has 1 heterocycles.